The van der Waals surface area contributed by atoms with Gasteiger partial charge in [-0.2, -0.15) is 0 Å². The molecule has 124 valence electrons. The fourth-order valence-corrected chi connectivity index (χ4v) is 2.81. The number of carboxylic acid groups (broad SMARTS) is 1. The van der Waals surface area contributed by atoms with Crippen molar-refractivity contribution in [3.05, 3.63) is 40.5 Å². The molecule has 7 nitrogen and oxygen atoms in total. The molecule has 3 rings (SSSR count). The summed E-state index contributed by atoms with van der Waals surface area (Å²) in [7, 11) is 0. The first-order chi connectivity index (χ1) is 11.5. The van der Waals surface area contributed by atoms with E-state index in [4.69, 9.17) is 22.4 Å². The van der Waals surface area contributed by atoms with E-state index in [2.05, 4.69) is 9.97 Å². The molecule has 1 aliphatic rings. The van der Waals surface area contributed by atoms with Gasteiger partial charge in [-0.25, -0.2) is 9.97 Å². The van der Waals surface area contributed by atoms with Gasteiger partial charge in [0.2, 0.25) is 5.95 Å². The second-order valence-electron chi connectivity index (χ2n) is 5.49. The van der Waals surface area contributed by atoms with Crippen LogP contribution >= 0.6 is 11.6 Å². The molecular formula is C16H15ClN4O3. The number of carbonyl (C=O) groups excluding carboxylic acids is 1. The molecule has 2 heterocycles. The van der Waals surface area contributed by atoms with Crippen LogP contribution in [0.4, 0.5) is 5.95 Å². The molecule has 0 fully saturated rings. The molecule has 1 aliphatic heterocycles. The number of fused-ring (bicyclic) bond motifs is 1. The van der Waals surface area contributed by atoms with Crippen LogP contribution in [0.2, 0.25) is 5.02 Å². The Morgan fingerprint density at radius 1 is 1.25 bits per heavy atom. The fraction of sp³-hybridized carbons (Fsp3) is 0.250. The largest absolute Gasteiger partial charge is 0.481 e. The van der Waals surface area contributed by atoms with Crippen LogP contribution in [0.25, 0.3) is 11.3 Å². The van der Waals surface area contributed by atoms with E-state index in [1.54, 1.807) is 17.0 Å². The van der Waals surface area contributed by atoms with E-state index in [1.165, 1.54) is 0 Å². The first-order valence-electron chi connectivity index (χ1n) is 7.39. The van der Waals surface area contributed by atoms with Gasteiger partial charge in [-0.3, -0.25) is 9.59 Å². The van der Waals surface area contributed by atoms with Crippen molar-refractivity contribution < 1.29 is 14.7 Å². The fourth-order valence-electron chi connectivity index (χ4n) is 2.69. The standard InChI is InChI=1S/C16H15ClN4O3/c17-10-5-3-9(4-6-10)13-11-8-21(7-1-2-12(22)23)15(24)14(11)20-16(18)19-13/h3-6H,1-2,7-8H2,(H,22,23)(H2,18,19,20). The van der Waals surface area contributed by atoms with Gasteiger partial charge in [0.1, 0.15) is 5.69 Å². The Labute approximate surface area is 143 Å². The molecule has 8 heteroatoms. The maximum atomic E-state index is 12.5. The van der Waals surface area contributed by atoms with Gasteiger partial charge >= 0.3 is 5.97 Å². The van der Waals surface area contributed by atoms with Crippen molar-refractivity contribution in [1.82, 2.24) is 14.9 Å². The van der Waals surface area contributed by atoms with Crippen LogP contribution in [0, 0.1) is 0 Å². The SMILES string of the molecule is Nc1nc2c(c(-c3ccc(Cl)cc3)n1)CN(CCCC(=O)O)C2=O. The number of benzene rings is 1. The van der Waals surface area contributed by atoms with Gasteiger partial charge in [0.05, 0.1) is 12.2 Å². The van der Waals surface area contributed by atoms with Crippen molar-refractivity contribution >= 4 is 29.4 Å². The number of amides is 1. The smallest absolute Gasteiger partial charge is 0.303 e. The van der Waals surface area contributed by atoms with Crippen molar-refractivity contribution in [1.29, 1.82) is 0 Å². The number of nitrogens with zero attached hydrogens (tertiary/aromatic N) is 3. The molecule has 1 aromatic heterocycles. The number of aliphatic carboxylic acids is 1. The van der Waals surface area contributed by atoms with Gasteiger partial charge in [-0.05, 0) is 18.6 Å². The summed E-state index contributed by atoms with van der Waals surface area (Å²) in [5.41, 5.74) is 8.13. The number of nitrogen functional groups attached to an aromatic ring is 1. The maximum absolute atomic E-state index is 12.5. The third-order valence-corrected chi connectivity index (χ3v) is 4.05. The first kappa shape index (κ1) is 16.2. The van der Waals surface area contributed by atoms with E-state index >= 15 is 0 Å². The molecule has 1 amide bonds. The highest BCUT2D eigenvalue weighted by molar-refractivity contribution is 6.30. The summed E-state index contributed by atoms with van der Waals surface area (Å²) in [6, 6.07) is 7.09. The lowest BCUT2D eigenvalue weighted by Gasteiger charge is -2.14. The summed E-state index contributed by atoms with van der Waals surface area (Å²) >= 11 is 5.91. The topological polar surface area (TPSA) is 109 Å². The zero-order valence-corrected chi connectivity index (χ0v) is 13.5. The number of nitrogens with two attached hydrogens (primary N) is 1. The van der Waals surface area contributed by atoms with Crippen molar-refractivity contribution in [3.8, 4) is 11.3 Å². The van der Waals surface area contributed by atoms with Crippen molar-refractivity contribution in [2.24, 2.45) is 0 Å². The first-order valence-corrected chi connectivity index (χ1v) is 7.77. The van der Waals surface area contributed by atoms with Crippen LogP contribution in [-0.4, -0.2) is 38.4 Å². The monoisotopic (exact) mass is 346 g/mol. The van der Waals surface area contributed by atoms with Gasteiger partial charge in [0.15, 0.2) is 0 Å². The maximum Gasteiger partial charge on any atom is 0.303 e. The Morgan fingerprint density at radius 3 is 2.58 bits per heavy atom. The minimum Gasteiger partial charge on any atom is -0.481 e. The summed E-state index contributed by atoms with van der Waals surface area (Å²) in [6.07, 6.45) is 0.395. The van der Waals surface area contributed by atoms with E-state index in [-0.39, 0.29) is 24.0 Å². The lowest BCUT2D eigenvalue weighted by molar-refractivity contribution is -0.137. The molecule has 0 aliphatic carbocycles. The van der Waals surface area contributed by atoms with Crippen LogP contribution in [-0.2, 0) is 11.3 Å². The number of carboxylic acids is 1. The molecule has 0 spiro atoms. The number of halogens is 1. The third kappa shape index (κ3) is 3.16. The molecule has 3 N–H and O–H groups in total. The Bertz CT molecular complexity index is 808. The highest BCUT2D eigenvalue weighted by Gasteiger charge is 2.32. The van der Waals surface area contributed by atoms with Crippen LogP contribution in [0.3, 0.4) is 0 Å². The third-order valence-electron chi connectivity index (χ3n) is 3.80. The number of anilines is 1. The molecule has 0 atom stereocenters. The van der Waals surface area contributed by atoms with Crippen molar-refractivity contribution in [2.45, 2.75) is 19.4 Å². The second-order valence-corrected chi connectivity index (χ2v) is 5.92. The quantitative estimate of drug-likeness (QED) is 0.858. The Balaban J connectivity index is 1.91. The molecule has 0 saturated heterocycles. The Morgan fingerprint density at radius 2 is 1.92 bits per heavy atom. The van der Waals surface area contributed by atoms with E-state index in [1.807, 2.05) is 12.1 Å². The average Bonchev–Trinajstić information content (AvgIpc) is 2.84. The second kappa shape index (κ2) is 6.45. The molecule has 1 aromatic carbocycles. The van der Waals surface area contributed by atoms with Crippen LogP contribution in [0.1, 0.15) is 28.9 Å². The van der Waals surface area contributed by atoms with Crippen LogP contribution in [0.5, 0.6) is 0 Å². The number of aromatic nitrogens is 2. The molecule has 0 bridgehead atoms. The lowest BCUT2D eigenvalue weighted by Crippen LogP contribution is -2.25. The molecule has 0 saturated carbocycles. The van der Waals surface area contributed by atoms with Gasteiger partial charge in [0, 0.05) is 29.1 Å². The van der Waals surface area contributed by atoms with Gasteiger partial charge in [0.25, 0.3) is 5.91 Å². The number of rotatable bonds is 5. The van der Waals surface area contributed by atoms with Gasteiger partial charge < -0.3 is 15.7 Å². The predicted molar refractivity (Wildman–Crippen MR) is 88.5 cm³/mol. The Kier molecular flexibility index (Phi) is 4.35. The average molecular weight is 347 g/mol. The van der Waals surface area contributed by atoms with E-state index in [0.29, 0.717) is 35.8 Å². The van der Waals surface area contributed by atoms with Gasteiger partial charge in [-0.1, -0.05) is 23.7 Å². The molecule has 0 unspecified atom stereocenters. The van der Waals surface area contributed by atoms with Crippen LogP contribution in [0.15, 0.2) is 24.3 Å². The summed E-state index contributed by atoms with van der Waals surface area (Å²) in [5, 5.41) is 9.33. The van der Waals surface area contributed by atoms with Gasteiger partial charge in [-0.15, -0.1) is 0 Å². The summed E-state index contributed by atoms with van der Waals surface area (Å²) in [6.45, 7) is 0.688. The van der Waals surface area contributed by atoms with E-state index in [0.717, 1.165) is 5.56 Å². The van der Waals surface area contributed by atoms with Crippen LogP contribution < -0.4 is 5.73 Å². The molecular weight excluding hydrogens is 332 g/mol. The van der Waals surface area contributed by atoms with Crippen molar-refractivity contribution in [2.75, 3.05) is 12.3 Å². The summed E-state index contributed by atoms with van der Waals surface area (Å²) in [5.74, 6) is -1.11. The normalized spacial score (nSPS) is 13.2. The minimum absolute atomic E-state index is 0.0119. The number of carbonyl (C=O) groups is 2. The predicted octanol–water partition coefficient (Wildman–Crippen LogP) is 2.20. The molecule has 24 heavy (non-hydrogen) atoms. The number of hydrogen-bond donors (Lipinski definition) is 2. The summed E-state index contributed by atoms with van der Waals surface area (Å²) < 4.78 is 0. The van der Waals surface area contributed by atoms with E-state index < -0.39 is 5.97 Å². The minimum atomic E-state index is -0.884. The molecule has 0 radical (unpaired) electrons. The highest BCUT2D eigenvalue weighted by Crippen LogP contribution is 2.31. The summed E-state index contributed by atoms with van der Waals surface area (Å²) in [4.78, 5) is 33.0. The lowest BCUT2D eigenvalue weighted by atomic mass is 10.1. The Hall–Kier alpha value is -2.67. The van der Waals surface area contributed by atoms with Crippen molar-refractivity contribution in [3.63, 3.8) is 0 Å². The highest BCUT2D eigenvalue weighted by atomic mass is 35.5. The number of hydrogen-bond acceptors (Lipinski definition) is 5. The zero-order chi connectivity index (χ0) is 17.3. The zero-order valence-electron chi connectivity index (χ0n) is 12.7. The molecule has 2 aromatic rings. The van der Waals surface area contributed by atoms with E-state index in [9.17, 15) is 9.59 Å².